The van der Waals surface area contributed by atoms with Gasteiger partial charge in [-0.2, -0.15) is 26.3 Å². The number of rotatable bonds is 1. The van der Waals surface area contributed by atoms with Crippen LogP contribution in [0.25, 0.3) is 11.1 Å². The smallest absolute Gasteiger partial charge is 0.166 e. The second-order valence-electron chi connectivity index (χ2n) is 6.30. The predicted octanol–water partition coefficient (Wildman–Crippen LogP) is 6.96. The minimum atomic E-state index is -4.46. The van der Waals surface area contributed by atoms with Crippen molar-refractivity contribution in [3.05, 3.63) is 81.9 Å². The van der Waals surface area contributed by atoms with E-state index in [-0.39, 0.29) is 0 Å². The largest absolute Gasteiger partial charge is 0.416 e. The van der Waals surface area contributed by atoms with Crippen LogP contribution >= 0.6 is 0 Å². The van der Waals surface area contributed by atoms with E-state index in [9.17, 15) is 26.3 Å². The minimum Gasteiger partial charge on any atom is -0.166 e. The van der Waals surface area contributed by atoms with Crippen LogP contribution in [0, 0.1) is 0 Å². The molecule has 136 valence electrons. The van der Waals surface area contributed by atoms with Crippen LogP contribution in [-0.2, 0) is 12.4 Å². The fourth-order valence-corrected chi connectivity index (χ4v) is 2.97. The van der Waals surface area contributed by atoms with Crippen molar-refractivity contribution in [2.24, 2.45) is 0 Å². The molecule has 0 N–H and O–H groups in total. The van der Waals surface area contributed by atoms with Gasteiger partial charge < -0.3 is 0 Å². The van der Waals surface area contributed by atoms with Gasteiger partial charge in [0, 0.05) is 0 Å². The van der Waals surface area contributed by atoms with E-state index in [1.807, 2.05) is 0 Å². The molecule has 26 heavy (non-hydrogen) atoms. The van der Waals surface area contributed by atoms with Crippen LogP contribution in [0.2, 0.25) is 0 Å². The van der Waals surface area contributed by atoms with E-state index in [0.717, 1.165) is 29.8 Å². The van der Waals surface area contributed by atoms with E-state index in [4.69, 9.17) is 0 Å². The number of alkyl halides is 6. The summed E-state index contributed by atoms with van der Waals surface area (Å²) in [6, 6.07) is 8.07. The van der Waals surface area contributed by atoms with Crippen LogP contribution in [-0.4, -0.2) is 0 Å². The Bertz CT molecular complexity index is 905. The Labute approximate surface area is 146 Å². The molecular formula is C20H14F6. The number of fused-ring (bicyclic) bond motifs is 1. The number of hydrogen-bond donors (Lipinski definition) is 0. The fourth-order valence-electron chi connectivity index (χ4n) is 2.97. The molecule has 0 saturated heterocycles. The topological polar surface area (TPSA) is 0 Å². The zero-order chi connectivity index (χ0) is 19.3. The highest BCUT2D eigenvalue weighted by molar-refractivity contribution is 6.01. The Balaban J connectivity index is 2.11. The molecule has 0 bridgehead atoms. The normalized spacial score (nSPS) is 14.3. The maximum atomic E-state index is 13.0. The molecule has 0 nitrogen and oxygen atoms in total. The summed E-state index contributed by atoms with van der Waals surface area (Å²) in [5.41, 5.74) is 2.11. The number of benzene rings is 2. The maximum absolute atomic E-state index is 13.0. The maximum Gasteiger partial charge on any atom is 0.416 e. The van der Waals surface area contributed by atoms with Gasteiger partial charge in [0.25, 0.3) is 0 Å². The molecule has 6 heteroatoms. The summed E-state index contributed by atoms with van der Waals surface area (Å²) < 4.78 is 77.3. The lowest BCUT2D eigenvalue weighted by Crippen LogP contribution is -2.06. The molecule has 0 radical (unpaired) electrons. The summed E-state index contributed by atoms with van der Waals surface area (Å²) in [5.74, 6) is 0. The summed E-state index contributed by atoms with van der Waals surface area (Å²) in [6.07, 6.45) is -7.17. The highest BCUT2D eigenvalue weighted by Crippen LogP contribution is 2.43. The monoisotopic (exact) mass is 368 g/mol. The van der Waals surface area contributed by atoms with Gasteiger partial charge in [0.05, 0.1) is 11.1 Å². The molecule has 0 saturated carbocycles. The minimum absolute atomic E-state index is 0.440. The lowest BCUT2D eigenvalue weighted by Gasteiger charge is -2.12. The summed E-state index contributed by atoms with van der Waals surface area (Å²) in [6.45, 7) is 3.57. The zero-order valence-corrected chi connectivity index (χ0v) is 13.9. The average molecular weight is 368 g/mol. The Kier molecular flexibility index (Phi) is 4.25. The Morgan fingerprint density at radius 2 is 1.23 bits per heavy atom. The molecule has 0 heterocycles. The van der Waals surface area contributed by atoms with Crippen molar-refractivity contribution in [1.29, 1.82) is 0 Å². The second-order valence-corrected chi connectivity index (χ2v) is 6.30. The van der Waals surface area contributed by atoms with Crippen LogP contribution in [0.4, 0.5) is 26.3 Å². The molecule has 2 aromatic rings. The molecule has 3 rings (SSSR count). The Morgan fingerprint density at radius 3 is 1.73 bits per heavy atom. The average Bonchev–Trinajstić information content (AvgIpc) is 2.92. The van der Waals surface area contributed by atoms with Gasteiger partial charge in [0.1, 0.15) is 0 Å². The molecule has 0 aliphatic heterocycles. The van der Waals surface area contributed by atoms with Gasteiger partial charge in [-0.05, 0) is 72.0 Å². The van der Waals surface area contributed by atoms with E-state index >= 15 is 0 Å². The number of hydrogen-bond acceptors (Lipinski definition) is 0. The van der Waals surface area contributed by atoms with Crippen LogP contribution in [0.3, 0.4) is 0 Å². The number of halogens is 6. The zero-order valence-electron chi connectivity index (χ0n) is 13.9. The van der Waals surface area contributed by atoms with Crippen molar-refractivity contribution in [2.75, 3.05) is 0 Å². The first-order valence-corrected chi connectivity index (χ1v) is 7.77. The van der Waals surface area contributed by atoms with Gasteiger partial charge in [-0.15, -0.1) is 0 Å². The first-order chi connectivity index (χ1) is 12.0. The van der Waals surface area contributed by atoms with Gasteiger partial charge in [-0.25, -0.2) is 0 Å². The van der Waals surface area contributed by atoms with Crippen molar-refractivity contribution < 1.29 is 26.3 Å². The van der Waals surface area contributed by atoms with E-state index in [2.05, 4.69) is 0 Å². The predicted molar refractivity (Wildman–Crippen MR) is 88.2 cm³/mol. The van der Waals surface area contributed by atoms with Crippen molar-refractivity contribution in [3.63, 3.8) is 0 Å². The summed E-state index contributed by atoms with van der Waals surface area (Å²) in [5, 5.41) is 0. The lowest BCUT2D eigenvalue weighted by molar-refractivity contribution is -0.138. The van der Waals surface area contributed by atoms with E-state index in [1.165, 1.54) is 18.2 Å². The molecule has 2 aromatic carbocycles. The van der Waals surface area contributed by atoms with Crippen LogP contribution in [0.5, 0.6) is 0 Å². The number of allylic oxidation sites excluding steroid dienone is 3. The molecule has 0 aromatic heterocycles. The second kappa shape index (κ2) is 6.04. The Morgan fingerprint density at radius 1 is 0.692 bits per heavy atom. The molecule has 0 atom stereocenters. The highest BCUT2D eigenvalue weighted by Gasteiger charge is 2.33. The van der Waals surface area contributed by atoms with Crippen molar-refractivity contribution in [1.82, 2.24) is 0 Å². The standard InChI is InChI=1S/C20H14F6/c1-11(2)16-10-17(12-3-5-13(6-4-12)19(21,22)23)15-8-7-14(9-18(15)16)20(24,25)26/h3-10H,1-2H3. The summed E-state index contributed by atoms with van der Waals surface area (Å²) >= 11 is 0. The van der Waals surface area contributed by atoms with E-state index < -0.39 is 23.5 Å². The third-order valence-corrected chi connectivity index (χ3v) is 4.28. The molecule has 0 fully saturated rings. The third kappa shape index (κ3) is 3.28. The van der Waals surface area contributed by atoms with Gasteiger partial charge in [-0.3, -0.25) is 0 Å². The van der Waals surface area contributed by atoms with E-state index in [1.54, 1.807) is 19.9 Å². The molecular weight excluding hydrogens is 354 g/mol. The molecule has 0 unspecified atom stereocenters. The quantitative estimate of drug-likeness (QED) is 0.477. The molecule has 0 spiro atoms. The summed E-state index contributed by atoms with van der Waals surface area (Å²) in [7, 11) is 0. The molecule has 1 aliphatic rings. The van der Waals surface area contributed by atoms with Gasteiger partial charge >= 0.3 is 12.4 Å². The van der Waals surface area contributed by atoms with Gasteiger partial charge in [0.2, 0.25) is 0 Å². The highest BCUT2D eigenvalue weighted by atomic mass is 19.4. The van der Waals surface area contributed by atoms with Crippen molar-refractivity contribution in [3.8, 4) is 0 Å². The van der Waals surface area contributed by atoms with Crippen LogP contribution in [0.15, 0.2) is 54.1 Å². The SMILES string of the molecule is CC(C)=C1C=C(c2ccc(C(F)(F)F)cc2)c2ccc(C(F)(F)F)cc21. The molecule has 1 aliphatic carbocycles. The van der Waals surface area contributed by atoms with Crippen molar-refractivity contribution in [2.45, 2.75) is 26.2 Å². The van der Waals surface area contributed by atoms with Gasteiger partial charge in [-0.1, -0.05) is 23.8 Å². The molecule has 0 amide bonds. The first-order valence-electron chi connectivity index (χ1n) is 7.77. The van der Waals surface area contributed by atoms with Crippen LogP contribution < -0.4 is 0 Å². The Hall–Kier alpha value is -2.50. The van der Waals surface area contributed by atoms with Crippen LogP contribution in [0.1, 0.15) is 41.7 Å². The third-order valence-electron chi connectivity index (χ3n) is 4.28. The van der Waals surface area contributed by atoms with E-state index in [0.29, 0.717) is 27.8 Å². The lowest BCUT2D eigenvalue weighted by atomic mass is 9.96. The first kappa shape index (κ1) is 18.3. The van der Waals surface area contributed by atoms with Crippen molar-refractivity contribution >= 4 is 11.1 Å². The summed E-state index contributed by atoms with van der Waals surface area (Å²) in [4.78, 5) is 0. The fraction of sp³-hybridized carbons (Fsp3) is 0.200. The van der Waals surface area contributed by atoms with Gasteiger partial charge in [0.15, 0.2) is 0 Å².